The number of hydrogen-bond acceptors (Lipinski definition) is 6. The zero-order valence-electron chi connectivity index (χ0n) is 46.1. The fraction of sp³-hybridized carbons (Fsp3) is 0.471. The molecule has 0 aliphatic carbocycles. The fourth-order valence-electron chi connectivity index (χ4n) is 12.7. The first-order chi connectivity index (χ1) is 37.4. The van der Waals surface area contributed by atoms with Crippen LogP contribution in [0.4, 0.5) is 0 Å². The SMILES string of the molecule is CCCCCCCCC(CCCCCC)Cc1ccc(-c2ccc3c4c(-c5cccs5)c(=O)n5c6cc(-c7ccc(CC(CCCCCC)CCCCCCCC)s7)ccc6c6c(-c7cccs7)c(=O)n(c3c2)c4c65)s1. The highest BCUT2D eigenvalue weighted by atomic mass is 32.1. The monoisotopic (exact) mass is 1090 g/mol. The molecule has 8 heteroatoms. The summed E-state index contributed by atoms with van der Waals surface area (Å²) in [5.41, 5.74) is 6.97. The van der Waals surface area contributed by atoms with E-state index < -0.39 is 0 Å². The molecular formula is C68H82N2O2S4. The molecule has 2 atom stereocenters. The third kappa shape index (κ3) is 11.9. The Hall–Kier alpha value is -4.60. The molecule has 4 nitrogen and oxygen atoms in total. The topological polar surface area (TPSA) is 43.0 Å². The summed E-state index contributed by atoms with van der Waals surface area (Å²) < 4.78 is 3.97. The van der Waals surface area contributed by atoms with Crippen LogP contribution in [0.1, 0.15) is 192 Å². The van der Waals surface area contributed by atoms with Crippen molar-refractivity contribution in [1.82, 2.24) is 8.80 Å². The Kier molecular flexibility index (Phi) is 19.0. The van der Waals surface area contributed by atoms with E-state index in [0.29, 0.717) is 23.0 Å². The van der Waals surface area contributed by atoms with Gasteiger partial charge >= 0.3 is 0 Å². The van der Waals surface area contributed by atoms with Gasteiger partial charge in [0.1, 0.15) is 0 Å². The van der Waals surface area contributed by atoms with E-state index in [1.165, 1.54) is 174 Å². The number of thiophene rings is 4. The Labute approximate surface area is 468 Å². The first-order valence-electron chi connectivity index (χ1n) is 29.9. The molecule has 0 N–H and O–H groups in total. The lowest BCUT2D eigenvalue weighted by molar-refractivity contribution is 0.404. The zero-order valence-corrected chi connectivity index (χ0v) is 49.4. The Morgan fingerprint density at radius 2 is 0.776 bits per heavy atom. The number of unbranched alkanes of at least 4 members (excludes halogenated alkanes) is 16. The highest BCUT2D eigenvalue weighted by molar-refractivity contribution is 7.16. The normalized spacial score (nSPS) is 13.1. The highest BCUT2D eigenvalue weighted by Crippen LogP contribution is 2.47. The third-order valence-electron chi connectivity index (χ3n) is 16.8. The van der Waals surface area contributed by atoms with Crippen molar-refractivity contribution in [2.75, 3.05) is 0 Å². The predicted molar refractivity (Wildman–Crippen MR) is 337 cm³/mol. The number of pyridine rings is 2. The minimum absolute atomic E-state index is 0.0260. The smallest absolute Gasteiger partial charge is 0.265 e. The maximum atomic E-state index is 15.8. The van der Waals surface area contributed by atoms with E-state index in [1.54, 1.807) is 22.7 Å². The Morgan fingerprint density at radius 3 is 1.14 bits per heavy atom. The van der Waals surface area contributed by atoms with Gasteiger partial charge in [0, 0.05) is 50.8 Å². The van der Waals surface area contributed by atoms with E-state index in [1.807, 2.05) is 43.6 Å². The van der Waals surface area contributed by atoms with Crippen LogP contribution >= 0.6 is 45.3 Å². The van der Waals surface area contributed by atoms with Crippen molar-refractivity contribution < 1.29 is 0 Å². The molecule has 8 aromatic heterocycles. The lowest BCUT2D eigenvalue weighted by Crippen LogP contribution is -2.19. The first-order valence-corrected chi connectivity index (χ1v) is 33.3. The summed E-state index contributed by atoms with van der Waals surface area (Å²) in [7, 11) is 0. The fourth-order valence-corrected chi connectivity index (χ4v) is 16.5. The number of nitrogens with zero attached hydrogens (tertiary/aromatic N) is 2. The maximum absolute atomic E-state index is 15.8. The van der Waals surface area contributed by atoms with Gasteiger partial charge in [-0.2, -0.15) is 0 Å². The largest absolute Gasteiger partial charge is 0.273 e. The van der Waals surface area contributed by atoms with Crippen molar-refractivity contribution in [3.8, 4) is 41.8 Å². The summed E-state index contributed by atoms with van der Waals surface area (Å²) >= 11 is 7.04. The molecule has 0 aliphatic heterocycles. The van der Waals surface area contributed by atoms with E-state index in [0.717, 1.165) is 77.3 Å². The molecule has 0 aliphatic rings. The molecule has 400 valence electrons. The maximum Gasteiger partial charge on any atom is 0.265 e. The summed E-state index contributed by atoms with van der Waals surface area (Å²) in [6.07, 6.45) is 34.2. The molecule has 0 radical (unpaired) electrons. The predicted octanol–water partition coefficient (Wildman–Crippen LogP) is 21.9. The van der Waals surface area contributed by atoms with E-state index in [2.05, 4.69) is 111 Å². The summed E-state index contributed by atoms with van der Waals surface area (Å²) in [4.78, 5) is 38.7. The molecular weight excluding hydrogens is 1010 g/mol. The molecule has 76 heavy (non-hydrogen) atoms. The molecule has 0 amide bonds. The molecule has 2 aromatic carbocycles. The second-order valence-electron chi connectivity index (χ2n) is 22.4. The second kappa shape index (κ2) is 26.4. The van der Waals surface area contributed by atoms with Crippen LogP contribution in [-0.4, -0.2) is 8.80 Å². The van der Waals surface area contributed by atoms with Gasteiger partial charge in [-0.25, -0.2) is 0 Å². The van der Waals surface area contributed by atoms with Crippen LogP contribution in [0.25, 0.3) is 85.4 Å². The standard InChI is InChI=1S/C68H82N2O2S4/c1-5-9-13-17-19-23-29-47(27-21-15-11-7-3)43-51-35-39-57(75-51)49-33-37-53-55(45-49)69-65-61(53)63(59-31-25-41-73-59)68(72)70-56-46-50(34-38-54(56)62(66(65)70)64(67(69)71)60-32-26-42-74-60)58-40-36-52(76-58)44-48(28-22-16-12-8-4)30-24-20-18-14-10-6-2/h25-26,31-42,45-48H,5-24,27-30,43-44H2,1-4H3. The van der Waals surface area contributed by atoms with Crippen LogP contribution in [-0.2, 0) is 12.8 Å². The van der Waals surface area contributed by atoms with Crippen molar-refractivity contribution in [3.63, 3.8) is 0 Å². The van der Waals surface area contributed by atoms with E-state index >= 15 is 9.59 Å². The minimum Gasteiger partial charge on any atom is -0.273 e. The summed E-state index contributed by atoms with van der Waals surface area (Å²) in [6, 6.07) is 31.0. The Morgan fingerprint density at radius 1 is 0.408 bits per heavy atom. The van der Waals surface area contributed by atoms with Crippen molar-refractivity contribution >= 4 is 89.0 Å². The molecule has 0 fully saturated rings. The van der Waals surface area contributed by atoms with Crippen molar-refractivity contribution in [2.24, 2.45) is 11.8 Å². The van der Waals surface area contributed by atoms with Gasteiger partial charge < -0.3 is 0 Å². The number of aromatic nitrogens is 2. The molecule has 0 saturated heterocycles. The lowest BCUT2D eigenvalue weighted by Gasteiger charge is -2.16. The molecule has 10 rings (SSSR count). The van der Waals surface area contributed by atoms with Crippen LogP contribution in [0, 0.1) is 11.8 Å². The Balaban J connectivity index is 1.05. The van der Waals surface area contributed by atoms with Gasteiger partial charge in [-0.15, -0.1) is 45.3 Å². The van der Waals surface area contributed by atoms with Crippen LogP contribution in [0.15, 0.2) is 105 Å². The number of benzene rings is 2. The van der Waals surface area contributed by atoms with Gasteiger partial charge in [0.25, 0.3) is 11.1 Å². The summed E-state index contributed by atoms with van der Waals surface area (Å²) in [5, 5.41) is 7.79. The molecule has 0 saturated carbocycles. The third-order valence-corrected chi connectivity index (χ3v) is 20.9. The number of hydrogen-bond donors (Lipinski definition) is 0. The van der Waals surface area contributed by atoms with Gasteiger partial charge in [-0.1, -0.05) is 218 Å². The van der Waals surface area contributed by atoms with Crippen molar-refractivity contribution in [2.45, 2.75) is 195 Å². The van der Waals surface area contributed by atoms with E-state index in [9.17, 15) is 0 Å². The molecule has 8 heterocycles. The lowest BCUT2D eigenvalue weighted by atomic mass is 9.91. The van der Waals surface area contributed by atoms with Crippen LogP contribution < -0.4 is 11.1 Å². The number of fused-ring (bicyclic) bond motifs is 6. The molecule has 10 aromatic rings. The van der Waals surface area contributed by atoms with E-state index in [-0.39, 0.29) is 11.1 Å². The van der Waals surface area contributed by atoms with Crippen LogP contribution in [0.5, 0.6) is 0 Å². The van der Waals surface area contributed by atoms with Crippen molar-refractivity contribution in [1.29, 1.82) is 0 Å². The molecule has 0 spiro atoms. The first kappa shape index (κ1) is 54.7. The highest BCUT2D eigenvalue weighted by Gasteiger charge is 2.31. The quantitative estimate of drug-likeness (QED) is 0.0395. The van der Waals surface area contributed by atoms with Gasteiger partial charge in [-0.3, -0.25) is 18.4 Å². The van der Waals surface area contributed by atoms with Crippen molar-refractivity contribution in [3.05, 3.63) is 126 Å². The molecule has 0 bridgehead atoms. The minimum atomic E-state index is -0.0260. The average Bonchev–Trinajstić information content (AvgIpc) is 4.50. The van der Waals surface area contributed by atoms with Crippen LogP contribution in [0.2, 0.25) is 0 Å². The second-order valence-corrected chi connectivity index (χ2v) is 26.6. The summed E-state index contributed by atoms with van der Waals surface area (Å²) in [5.74, 6) is 1.43. The van der Waals surface area contributed by atoms with Gasteiger partial charge in [0.15, 0.2) is 0 Å². The van der Waals surface area contributed by atoms with Gasteiger partial charge in [0.05, 0.1) is 33.2 Å². The van der Waals surface area contributed by atoms with Gasteiger partial charge in [-0.05, 0) is 95.1 Å². The van der Waals surface area contributed by atoms with Crippen LogP contribution in [0.3, 0.4) is 0 Å². The molecule has 2 unspecified atom stereocenters. The average molecular weight is 1090 g/mol. The zero-order chi connectivity index (χ0) is 52.4. The summed E-state index contributed by atoms with van der Waals surface area (Å²) in [6.45, 7) is 9.22. The Bertz CT molecular complexity index is 3280. The number of rotatable bonds is 32. The van der Waals surface area contributed by atoms with E-state index in [4.69, 9.17) is 0 Å². The van der Waals surface area contributed by atoms with Gasteiger partial charge in [0.2, 0.25) is 0 Å².